The molecule has 86 valence electrons. The van der Waals surface area contributed by atoms with E-state index in [2.05, 4.69) is 20.8 Å². The molecule has 2 saturated carbocycles. The van der Waals surface area contributed by atoms with Crippen molar-refractivity contribution in [1.29, 1.82) is 0 Å². The molecule has 0 bridgehead atoms. The molecule has 0 amide bonds. The molecule has 2 aliphatic rings. The first-order chi connectivity index (χ1) is 7.33. The predicted octanol–water partition coefficient (Wildman–Crippen LogP) is 3.85. The summed E-state index contributed by atoms with van der Waals surface area (Å²) >= 11 is 0. The highest BCUT2D eigenvalue weighted by atomic mass is 14.5. The Bertz CT molecular complexity index is 264. The van der Waals surface area contributed by atoms with Gasteiger partial charge in [-0.3, -0.25) is 0 Å². The molecule has 1 unspecified atom stereocenters. The summed E-state index contributed by atoms with van der Waals surface area (Å²) in [6.45, 7) is 6.64. The van der Waals surface area contributed by atoms with Crippen LogP contribution in [0.15, 0.2) is 0 Å². The van der Waals surface area contributed by atoms with Crippen LogP contribution in [0.25, 0.3) is 0 Å². The first kappa shape index (κ1) is 12.6. The molecule has 0 N–H and O–H groups in total. The first-order valence-electron chi connectivity index (χ1n) is 6.91. The molecule has 1 atom stereocenters. The molecule has 2 rings (SSSR count). The van der Waals surface area contributed by atoms with Crippen LogP contribution in [0.5, 0.6) is 0 Å². The van der Waals surface area contributed by atoms with Gasteiger partial charge < -0.3 is 0 Å². The standard InChI is InChI=1S/C14H24B2/c1-4-12(2,3)14(15,16)11-6-9-13(10-11)7-5-8-13/h11H,4-10H2,1-3H3. The van der Waals surface area contributed by atoms with Crippen LogP contribution in [-0.2, 0) is 0 Å². The second-order valence-electron chi connectivity index (χ2n) is 6.96. The average molecular weight is 214 g/mol. The molecule has 0 saturated heterocycles. The topological polar surface area (TPSA) is 0 Å². The Balaban J connectivity index is 2.08. The van der Waals surface area contributed by atoms with Gasteiger partial charge >= 0.3 is 0 Å². The molecule has 0 aromatic rings. The number of hydrogen-bond acceptors (Lipinski definition) is 0. The van der Waals surface area contributed by atoms with Gasteiger partial charge in [0.05, 0.1) is 15.7 Å². The van der Waals surface area contributed by atoms with Crippen LogP contribution in [0.4, 0.5) is 0 Å². The minimum Gasteiger partial charge on any atom is -0.0913 e. The van der Waals surface area contributed by atoms with E-state index in [-0.39, 0.29) is 5.41 Å². The molecule has 2 aliphatic carbocycles. The van der Waals surface area contributed by atoms with Gasteiger partial charge in [0, 0.05) is 0 Å². The Morgan fingerprint density at radius 1 is 1.19 bits per heavy atom. The summed E-state index contributed by atoms with van der Waals surface area (Å²) in [5.74, 6) is 0.530. The zero-order chi connectivity index (χ0) is 12.0. The van der Waals surface area contributed by atoms with Crippen LogP contribution in [0.1, 0.15) is 65.7 Å². The fraction of sp³-hybridized carbons (Fsp3) is 1.00. The summed E-state index contributed by atoms with van der Waals surface area (Å²) < 4.78 is 0. The van der Waals surface area contributed by atoms with E-state index in [1.54, 1.807) is 0 Å². The molecule has 0 aromatic heterocycles. The lowest BCUT2D eigenvalue weighted by atomic mass is 9.37. The summed E-state index contributed by atoms with van der Waals surface area (Å²) in [5, 5.41) is -0.485. The molecule has 1 spiro atoms. The van der Waals surface area contributed by atoms with Crippen molar-refractivity contribution in [3.63, 3.8) is 0 Å². The summed E-state index contributed by atoms with van der Waals surface area (Å²) in [4.78, 5) is 0. The zero-order valence-electron chi connectivity index (χ0n) is 11.2. The minimum atomic E-state index is -0.485. The summed E-state index contributed by atoms with van der Waals surface area (Å²) in [7, 11) is 13.0. The molecule has 4 radical (unpaired) electrons. The van der Waals surface area contributed by atoms with Crippen molar-refractivity contribution in [3.8, 4) is 0 Å². The van der Waals surface area contributed by atoms with Gasteiger partial charge in [0.25, 0.3) is 0 Å². The third kappa shape index (κ3) is 1.77. The van der Waals surface area contributed by atoms with Gasteiger partial charge in [-0.15, -0.1) is 0 Å². The van der Waals surface area contributed by atoms with Crippen LogP contribution in [0.2, 0.25) is 5.21 Å². The van der Waals surface area contributed by atoms with E-state index >= 15 is 0 Å². The van der Waals surface area contributed by atoms with Crippen molar-refractivity contribution in [3.05, 3.63) is 0 Å². The fourth-order valence-electron chi connectivity index (χ4n) is 3.60. The minimum absolute atomic E-state index is 0.0486. The molecule has 2 heteroatoms. The summed E-state index contributed by atoms with van der Waals surface area (Å²) in [6.07, 6.45) is 9.22. The van der Waals surface area contributed by atoms with E-state index < -0.39 is 5.21 Å². The van der Waals surface area contributed by atoms with Crippen molar-refractivity contribution in [1.82, 2.24) is 0 Å². The summed E-state index contributed by atoms with van der Waals surface area (Å²) in [5.41, 5.74) is 0.700. The smallest absolute Gasteiger partial charge is 0.0631 e. The Kier molecular flexibility index (Phi) is 3.00. The molecular weight excluding hydrogens is 190 g/mol. The predicted molar refractivity (Wildman–Crippen MR) is 71.9 cm³/mol. The fourth-order valence-corrected chi connectivity index (χ4v) is 3.60. The van der Waals surface area contributed by atoms with Crippen LogP contribution in [-0.4, -0.2) is 15.7 Å². The van der Waals surface area contributed by atoms with E-state index in [9.17, 15) is 0 Å². The zero-order valence-corrected chi connectivity index (χ0v) is 11.2. The Morgan fingerprint density at radius 2 is 1.81 bits per heavy atom. The SMILES string of the molecule is [B]C([B])(C1CCC2(CCC2)C1)C(C)(C)CC. The van der Waals surface area contributed by atoms with Gasteiger partial charge in [0.15, 0.2) is 0 Å². The highest BCUT2D eigenvalue weighted by Crippen LogP contribution is 2.62. The largest absolute Gasteiger partial charge is 0.0913 e. The Labute approximate surface area is 104 Å². The Hall–Kier alpha value is 0.130. The van der Waals surface area contributed by atoms with E-state index in [1.807, 2.05) is 0 Å². The van der Waals surface area contributed by atoms with Crippen molar-refractivity contribution < 1.29 is 0 Å². The van der Waals surface area contributed by atoms with Crippen LogP contribution in [0, 0.1) is 16.7 Å². The van der Waals surface area contributed by atoms with Gasteiger partial charge in [-0.25, -0.2) is 0 Å². The molecule has 16 heavy (non-hydrogen) atoms. The highest BCUT2D eigenvalue weighted by Gasteiger charge is 2.50. The summed E-state index contributed by atoms with van der Waals surface area (Å²) in [6, 6.07) is 0. The second kappa shape index (κ2) is 3.82. The van der Waals surface area contributed by atoms with Crippen LogP contribution in [0.3, 0.4) is 0 Å². The second-order valence-corrected chi connectivity index (χ2v) is 6.96. The number of hydrogen-bond donors (Lipinski definition) is 0. The van der Waals surface area contributed by atoms with Gasteiger partial charge in [0.1, 0.15) is 0 Å². The van der Waals surface area contributed by atoms with Gasteiger partial charge in [-0.2, -0.15) is 0 Å². The van der Waals surface area contributed by atoms with Crippen molar-refractivity contribution in [2.75, 3.05) is 0 Å². The molecule has 0 aliphatic heterocycles. The maximum absolute atomic E-state index is 6.49. The monoisotopic (exact) mass is 214 g/mol. The van der Waals surface area contributed by atoms with E-state index in [4.69, 9.17) is 15.7 Å². The molecular formula is C14H24B2. The van der Waals surface area contributed by atoms with E-state index in [0.717, 1.165) is 6.42 Å². The van der Waals surface area contributed by atoms with E-state index in [0.29, 0.717) is 11.3 Å². The van der Waals surface area contributed by atoms with Gasteiger partial charge in [-0.1, -0.05) is 51.2 Å². The van der Waals surface area contributed by atoms with Crippen molar-refractivity contribution in [2.45, 2.75) is 70.9 Å². The highest BCUT2D eigenvalue weighted by molar-refractivity contribution is 6.40. The molecule has 0 heterocycles. The Morgan fingerprint density at radius 3 is 2.19 bits per heavy atom. The third-order valence-electron chi connectivity index (χ3n) is 5.85. The molecule has 0 aromatic carbocycles. The third-order valence-corrected chi connectivity index (χ3v) is 5.85. The van der Waals surface area contributed by atoms with E-state index in [1.165, 1.54) is 38.5 Å². The number of rotatable bonds is 3. The van der Waals surface area contributed by atoms with Crippen molar-refractivity contribution >= 4 is 15.7 Å². The van der Waals surface area contributed by atoms with Gasteiger partial charge in [-0.05, 0) is 36.5 Å². The maximum Gasteiger partial charge on any atom is 0.0631 e. The van der Waals surface area contributed by atoms with Crippen LogP contribution < -0.4 is 0 Å². The molecule has 0 nitrogen and oxygen atoms in total. The lowest BCUT2D eigenvalue weighted by molar-refractivity contribution is 0.125. The van der Waals surface area contributed by atoms with Crippen molar-refractivity contribution in [2.24, 2.45) is 16.7 Å². The van der Waals surface area contributed by atoms with Gasteiger partial charge in [0.2, 0.25) is 0 Å². The normalized spacial score (nSPS) is 29.3. The lowest BCUT2D eigenvalue weighted by Crippen LogP contribution is -2.38. The quantitative estimate of drug-likeness (QED) is 0.626. The maximum atomic E-state index is 6.49. The average Bonchev–Trinajstić information content (AvgIpc) is 2.62. The lowest BCUT2D eigenvalue weighted by Gasteiger charge is -2.48. The van der Waals surface area contributed by atoms with Crippen LogP contribution >= 0.6 is 0 Å². The molecule has 2 fully saturated rings. The first-order valence-corrected chi connectivity index (χ1v) is 6.91.